The number of rotatable bonds is 10. The van der Waals surface area contributed by atoms with Crippen molar-refractivity contribution >= 4 is 11.0 Å². The molecule has 2 heteroatoms. The molecule has 0 fully saturated rings. The second kappa shape index (κ2) is 8.86. The highest BCUT2D eigenvalue weighted by atomic mass is 14.9. The first kappa shape index (κ1) is 16.1. The summed E-state index contributed by atoms with van der Waals surface area (Å²) in [5.74, 6) is 1.16. The summed E-state index contributed by atoms with van der Waals surface area (Å²) in [4.78, 5) is 8.20. The number of hydrogen-bond acceptors (Lipinski definition) is 1. The number of benzene rings is 1. The Kier molecular flexibility index (Phi) is 6.78. The quantitative estimate of drug-likeness (QED) is 0.549. The molecule has 2 rings (SSSR count). The molecule has 0 bridgehead atoms. The minimum Gasteiger partial charge on any atom is -0.342 e. The van der Waals surface area contributed by atoms with Crippen LogP contribution in [0.25, 0.3) is 11.0 Å². The second-order valence-electron chi connectivity index (χ2n) is 6.16. The maximum absolute atomic E-state index is 4.71. The van der Waals surface area contributed by atoms with Gasteiger partial charge in [0.05, 0.1) is 11.0 Å². The number of aromatic nitrogens is 2. The molecule has 0 unspecified atom stereocenters. The fraction of sp³-hybridized carbons (Fsp3) is 0.632. The fourth-order valence-electron chi connectivity index (χ4n) is 2.92. The van der Waals surface area contributed by atoms with Crippen LogP contribution >= 0.6 is 0 Å². The zero-order valence-electron chi connectivity index (χ0n) is 13.8. The van der Waals surface area contributed by atoms with Crippen LogP contribution in [0.4, 0.5) is 0 Å². The number of aryl methyl sites for hydroxylation is 2. The van der Waals surface area contributed by atoms with Gasteiger partial charge in [-0.3, -0.25) is 0 Å². The molecule has 0 saturated carbocycles. The van der Waals surface area contributed by atoms with E-state index >= 15 is 0 Å². The van der Waals surface area contributed by atoms with Crippen molar-refractivity contribution in [1.82, 2.24) is 9.97 Å². The van der Waals surface area contributed by atoms with Crippen LogP contribution in [-0.4, -0.2) is 9.97 Å². The summed E-state index contributed by atoms with van der Waals surface area (Å²) in [5, 5.41) is 0. The highest BCUT2D eigenvalue weighted by molar-refractivity contribution is 5.75. The Bertz CT molecular complexity index is 527. The third-order valence-corrected chi connectivity index (χ3v) is 4.15. The monoisotopic (exact) mass is 286 g/mol. The average Bonchev–Trinajstić information content (AvgIpc) is 2.88. The zero-order valence-corrected chi connectivity index (χ0v) is 13.8. The summed E-state index contributed by atoms with van der Waals surface area (Å²) in [6.07, 6.45) is 12.9. The number of nitrogens with zero attached hydrogens (tertiary/aromatic N) is 1. The lowest BCUT2D eigenvalue weighted by Gasteiger charge is -1.99. The van der Waals surface area contributed by atoms with Crippen molar-refractivity contribution < 1.29 is 0 Å². The molecule has 0 aliphatic carbocycles. The standard InChI is InChI=1S/C19H30N2/c1-3-5-6-7-8-9-10-12-19-20-17-14-13-16(11-4-2)15-18(17)21-19/h13-15H,3-12H2,1-2H3,(H,20,21). The Morgan fingerprint density at radius 1 is 0.857 bits per heavy atom. The molecule has 2 nitrogen and oxygen atoms in total. The summed E-state index contributed by atoms with van der Waals surface area (Å²) < 4.78 is 0. The fourth-order valence-corrected chi connectivity index (χ4v) is 2.92. The van der Waals surface area contributed by atoms with Crippen LogP contribution in [0.3, 0.4) is 0 Å². The molecule has 0 atom stereocenters. The first-order valence-electron chi connectivity index (χ1n) is 8.81. The van der Waals surface area contributed by atoms with Crippen molar-refractivity contribution in [3.8, 4) is 0 Å². The van der Waals surface area contributed by atoms with Crippen molar-refractivity contribution in [3.63, 3.8) is 0 Å². The van der Waals surface area contributed by atoms with Gasteiger partial charge >= 0.3 is 0 Å². The van der Waals surface area contributed by atoms with Crippen LogP contribution in [0, 0.1) is 0 Å². The minimum atomic E-state index is 1.09. The van der Waals surface area contributed by atoms with E-state index in [0.717, 1.165) is 24.2 Å². The Morgan fingerprint density at radius 3 is 2.38 bits per heavy atom. The lowest BCUT2D eigenvalue weighted by molar-refractivity contribution is 0.585. The molecule has 0 radical (unpaired) electrons. The van der Waals surface area contributed by atoms with Crippen LogP contribution < -0.4 is 0 Å². The Hall–Kier alpha value is -1.31. The van der Waals surface area contributed by atoms with Crippen molar-refractivity contribution in [3.05, 3.63) is 29.6 Å². The van der Waals surface area contributed by atoms with Gasteiger partial charge in [0.1, 0.15) is 5.82 Å². The molecule has 1 heterocycles. The third kappa shape index (κ3) is 5.18. The summed E-state index contributed by atoms with van der Waals surface area (Å²) in [5.41, 5.74) is 3.74. The van der Waals surface area contributed by atoms with Gasteiger partial charge < -0.3 is 4.98 Å². The normalized spacial score (nSPS) is 11.3. The SMILES string of the molecule is CCCCCCCCCc1nc2ccc(CCC)cc2[nH]1. The lowest BCUT2D eigenvalue weighted by Crippen LogP contribution is -1.88. The van der Waals surface area contributed by atoms with Crippen molar-refractivity contribution in [2.75, 3.05) is 0 Å². The van der Waals surface area contributed by atoms with Gasteiger partial charge in [0, 0.05) is 6.42 Å². The Labute approximate surface area is 129 Å². The van der Waals surface area contributed by atoms with Gasteiger partial charge in [-0.05, 0) is 30.5 Å². The molecular weight excluding hydrogens is 256 g/mol. The number of aromatic amines is 1. The maximum atomic E-state index is 4.71. The van der Waals surface area contributed by atoms with E-state index in [0.29, 0.717) is 0 Å². The first-order valence-corrected chi connectivity index (χ1v) is 8.81. The summed E-state index contributed by atoms with van der Waals surface area (Å²) in [6, 6.07) is 6.63. The van der Waals surface area contributed by atoms with Crippen LogP contribution in [0.5, 0.6) is 0 Å². The number of hydrogen-bond donors (Lipinski definition) is 1. The van der Waals surface area contributed by atoms with Gasteiger partial charge in [-0.2, -0.15) is 0 Å². The molecule has 0 amide bonds. The van der Waals surface area contributed by atoms with Crippen LogP contribution in [0.1, 0.15) is 76.6 Å². The van der Waals surface area contributed by atoms with E-state index in [1.807, 2.05) is 0 Å². The zero-order chi connectivity index (χ0) is 14.9. The van der Waals surface area contributed by atoms with E-state index in [9.17, 15) is 0 Å². The third-order valence-electron chi connectivity index (χ3n) is 4.15. The molecule has 0 spiro atoms. The van der Waals surface area contributed by atoms with Crippen molar-refractivity contribution in [1.29, 1.82) is 0 Å². The van der Waals surface area contributed by atoms with E-state index < -0.39 is 0 Å². The smallest absolute Gasteiger partial charge is 0.107 e. The van der Waals surface area contributed by atoms with Crippen molar-refractivity contribution in [2.24, 2.45) is 0 Å². The van der Waals surface area contributed by atoms with Gasteiger partial charge in [0.2, 0.25) is 0 Å². The van der Waals surface area contributed by atoms with Gasteiger partial charge in [-0.1, -0.05) is 64.9 Å². The van der Waals surface area contributed by atoms with Crippen molar-refractivity contribution in [2.45, 2.75) is 78.1 Å². The van der Waals surface area contributed by atoms with Gasteiger partial charge in [0.15, 0.2) is 0 Å². The molecule has 116 valence electrons. The van der Waals surface area contributed by atoms with Gasteiger partial charge in [-0.15, -0.1) is 0 Å². The van der Waals surface area contributed by atoms with E-state index in [1.165, 1.54) is 62.4 Å². The summed E-state index contributed by atoms with van der Waals surface area (Å²) in [7, 11) is 0. The van der Waals surface area contributed by atoms with Crippen LogP contribution in [0.2, 0.25) is 0 Å². The van der Waals surface area contributed by atoms with Crippen LogP contribution in [0.15, 0.2) is 18.2 Å². The molecule has 0 saturated heterocycles. The molecule has 2 aromatic rings. The number of H-pyrrole nitrogens is 1. The maximum Gasteiger partial charge on any atom is 0.107 e. The van der Waals surface area contributed by atoms with Gasteiger partial charge in [-0.25, -0.2) is 4.98 Å². The second-order valence-corrected chi connectivity index (χ2v) is 6.16. The number of imidazole rings is 1. The number of unbranched alkanes of at least 4 members (excludes halogenated alkanes) is 6. The molecule has 0 aliphatic heterocycles. The molecule has 1 aromatic carbocycles. The number of fused-ring (bicyclic) bond motifs is 1. The van der Waals surface area contributed by atoms with Gasteiger partial charge in [0.25, 0.3) is 0 Å². The van der Waals surface area contributed by atoms with E-state index in [1.54, 1.807) is 0 Å². The highest BCUT2D eigenvalue weighted by Gasteiger charge is 2.03. The predicted octanol–water partition coefficient (Wildman–Crippen LogP) is 5.81. The van der Waals surface area contributed by atoms with E-state index in [-0.39, 0.29) is 0 Å². The summed E-state index contributed by atoms with van der Waals surface area (Å²) >= 11 is 0. The topological polar surface area (TPSA) is 28.7 Å². The Balaban J connectivity index is 1.77. The highest BCUT2D eigenvalue weighted by Crippen LogP contribution is 2.16. The predicted molar refractivity (Wildman–Crippen MR) is 91.8 cm³/mol. The average molecular weight is 286 g/mol. The minimum absolute atomic E-state index is 1.09. The van der Waals surface area contributed by atoms with E-state index in [4.69, 9.17) is 4.98 Å². The van der Waals surface area contributed by atoms with E-state index in [2.05, 4.69) is 37.0 Å². The van der Waals surface area contributed by atoms with Crippen LogP contribution in [-0.2, 0) is 12.8 Å². The number of nitrogens with one attached hydrogen (secondary N) is 1. The molecule has 0 aliphatic rings. The lowest BCUT2D eigenvalue weighted by atomic mass is 10.1. The largest absolute Gasteiger partial charge is 0.342 e. The molecule has 21 heavy (non-hydrogen) atoms. The first-order chi connectivity index (χ1) is 10.3. The molecular formula is C19H30N2. The Morgan fingerprint density at radius 2 is 1.62 bits per heavy atom. The summed E-state index contributed by atoms with van der Waals surface area (Å²) in [6.45, 7) is 4.50. The molecule has 1 aromatic heterocycles. The molecule has 1 N–H and O–H groups in total.